The third kappa shape index (κ3) is 5.53. The zero-order valence-electron chi connectivity index (χ0n) is 15.9. The quantitative estimate of drug-likeness (QED) is 0.576. The lowest BCUT2D eigenvalue weighted by Gasteiger charge is -2.30. The fraction of sp³-hybridized carbons (Fsp3) is 0.304. The molecule has 0 aliphatic rings. The molecule has 27 heavy (non-hydrogen) atoms. The van der Waals surface area contributed by atoms with E-state index in [1.165, 1.54) is 16.3 Å². The van der Waals surface area contributed by atoms with E-state index in [2.05, 4.69) is 61.6 Å². The molecule has 3 rings (SSSR count). The molecule has 4 N–H and O–H groups in total. The molecule has 0 fully saturated rings. The first-order chi connectivity index (χ1) is 12.5. The molecule has 0 amide bonds. The highest BCUT2D eigenvalue weighted by Gasteiger charge is 2.23. The first kappa shape index (κ1) is 21.4. The molecule has 3 nitrogen and oxygen atoms in total. The van der Waals surface area contributed by atoms with E-state index in [1.54, 1.807) is 0 Å². The highest BCUT2D eigenvalue weighted by molar-refractivity contribution is 5.85. The minimum absolute atomic E-state index is 0. The monoisotopic (exact) mass is 384 g/mol. The van der Waals surface area contributed by atoms with Crippen LogP contribution in [0.4, 0.5) is 0 Å². The van der Waals surface area contributed by atoms with E-state index in [4.69, 9.17) is 5.73 Å². The maximum Gasteiger partial charge on any atom is 0.0818 e. The number of rotatable bonds is 7. The van der Waals surface area contributed by atoms with Crippen molar-refractivity contribution in [1.29, 1.82) is 0 Å². The van der Waals surface area contributed by atoms with Gasteiger partial charge in [-0.15, -0.1) is 12.4 Å². The maximum absolute atomic E-state index is 10.5. The van der Waals surface area contributed by atoms with Crippen LogP contribution >= 0.6 is 12.4 Å². The third-order valence-electron chi connectivity index (χ3n) is 5.03. The molecule has 0 radical (unpaired) electrons. The predicted molar refractivity (Wildman–Crippen MR) is 116 cm³/mol. The Balaban J connectivity index is 0.00000261. The van der Waals surface area contributed by atoms with Gasteiger partial charge in [0, 0.05) is 18.1 Å². The lowest BCUT2D eigenvalue weighted by atomic mass is 9.91. The summed E-state index contributed by atoms with van der Waals surface area (Å²) in [5, 5.41) is 16.4. The Kier molecular flexibility index (Phi) is 7.40. The number of aliphatic hydroxyl groups excluding tert-OH is 1. The Morgan fingerprint density at radius 2 is 1.56 bits per heavy atom. The molecule has 0 heterocycles. The van der Waals surface area contributed by atoms with Crippen LogP contribution in [0, 0.1) is 0 Å². The second kappa shape index (κ2) is 9.34. The largest absolute Gasteiger partial charge is 0.390 e. The molecule has 0 saturated carbocycles. The number of nitrogens with two attached hydrogens (primary N) is 1. The predicted octanol–water partition coefficient (Wildman–Crippen LogP) is 4.02. The van der Waals surface area contributed by atoms with Crippen molar-refractivity contribution in [3.05, 3.63) is 83.9 Å². The summed E-state index contributed by atoms with van der Waals surface area (Å²) in [6, 6.07) is 24.6. The molecule has 3 aromatic rings. The van der Waals surface area contributed by atoms with Crippen LogP contribution in [0.25, 0.3) is 10.8 Å². The summed E-state index contributed by atoms with van der Waals surface area (Å²) in [7, 11) is 0. The second-order valence-corrected chi connectivity index (χ2v) is 7.49. The van der Waals surface area contributed by atoms with E-state index in [0.29, 0.717) is 13.0 Å². The summed E-state index contributed by atoms with van der Waals surface area (Å²) in [6.07, 6.45) is 0.0648. The van der Waals surface area contributed by atoms with Crippen LogP contribution in [0.3, 0.4) is 0 Å². The highest BCUT2D eigenvalue weighted by atomic mass is 35.5. The molecule has 0 unspecified atom stereocenters. The molecule has 0 saturated heterocycles. The zero-order chi connectivity index (χ0) is 18.6. The number of benzene rings is 3. The van der Waals surface area contributed by atoms with Crippen LogP contribution in [0.2, 0.25) is 0 Å². The van der Waals surface area contributed by atoms with Crippen molar-refractivity contribution in [3.63, 3.8) is 0 Å². The smallest absolute Gasteiger partial charge is 0.0818 e. The molecule has 2 atom stereocenters. The van der Waals surface area contributed by atoms with E-state index < -0.39 is 6.10 Å². The zero-order valence-corrected chi connectivity index (χ0v) is 16.7. The van der Waals surface area contributed by atoms with Gasteiger partial charge in [-0.05, 0) is 48.2 Å². The van der Waals surface area contributed by atoms with Crippen molar-refractivity contribution in [2.24, 2.45) is 5.73 Å². The molecular weight excluding hydrogens is 356 g/mol. The number of aliphatic hydroxyl groups is 1. The molecule has 0 bridgehead atoms. The molecule has 4 heteroatoms. The number of halogens is 1. The van der Waals surface area contributed by atoms with E-state index in [1.807, 2.05) is 30.3 Å². The number of hydrogen-bond donors (Lipinski definition) is 3. The molecule has 0 aliphatic carbocycles. The van der Waals surface area contributed by atoms with E-state index >= 15 is 0 Å². The van der Waals surface area contributed by atoms with Gasteiger partial charge in [0.05, 0.1) is 6.10 Å². The van der Waals surface area contributed by atoms with Crippen molar-refractivity contribution in [3.8, 4) is 0 Å². The van der Waals surface area contributed by atoms with Crippen molar-refractivity contribution in [2.45, 2.75) is 38.0 Å². The fourth-order valence-electron chi connectivity index (χ4n) is 3.21. The highest BCUT2D eigenvalue weighted by Crippen LogP contribution is 2.24. The summed E-state index contributed by atoms with van der Waals surface area (Å²) < 4.78 is 0. The Labute approximate surface area is 168 Å². The average Bonchev–Trinajstić information content (AvgIpc) is 2.66. The van der Waals surface area contributed by atoms with Crippen LogP contribution < -0.4 is 11.1 Å². The van der Waals surface area contributed by atoms with Crippen molar-refractivity contribution in [1.82, 2.24) is 5.32 Å². The average molecular weight is 385 g/mol. The maximum atomic E-state index is 10.5. The van der Waals surface area contributed by atoms with Gasteiger partial charge in [0.25, 0.3) is 0 Å². The van der Waals surface area contributed by atoms with Gasteiger partial charge in [-0.3, -0.25) is 0 Å². The van der Waals surface area contributed by atoms with Crippen LogP contribution in [-0.4, -0.2) is 23.8 Å². The molecule has 0 aliphatic heterocycles. The minimum atomic E-state index is -0.602. The minimum Gasteiger partial charge on any atom is -0.390 e. The SMILES string of the molecule is CC(C)(NC[C@@H](O)[C@@H](N)Cc1ccccc1)c1ccc2ccccc2c1.Cl. The van der Waals surface area contributed by atoms with Gasteiger partial charge in [0.1, 0.15) is 0 Å². The van der Waals surface area contributed by atoms with E-state index in [-0.39, 0.29) is 24.0 Å². The van der Waals surface area contributed by atoms with Gasteiger partial charge < -0.3 is 16.2 Å². The Bertz CT molecular complexity index is 851. The van der Waals surface area contributed by atoms with E-state index in [9.17, 15) is 5.11 Å². The van der Waals surface area contributed by atoms with Gasteiger partial charge in [0.2, 0.25) is 0 Å². The Hall–Kier alpha value is -1.91. The van der Waals surface area contributed by atoms with Crippen LogP contribution in [0.5, 0.6) is 0 Å². The Morgan fingerprint density at radius 1 is 0.926 bits per heavy atom. The fourth-order valence-corrected chi connectivity index (χ4v) is 3.21. The van der Waals surface area contributed by atoms with Crippen molar-refractivity contribution < 1.29 is 5.11 Å². The first-order valence-electron chi connectivity index (χ1n) is 9.17. The number of hydrogen-bond acceptors (Lipinski definition) is 3. The van der Waals surface area contributed by atoms with Crippen molar-refractivity contribution in [2.75, 3.05) is 6.54 Å². The Morgan fingerprint density at radius 3 is 2.26 bits per heavy atom. The topological polar surface area (TPSA) is 58.3 Å². The molecule has 3 aromatic carbocycles. The molecule has 144 valence electrons. The van der Waals surface area contributed by atoms with Gasteiger partial charge in [-0.2, -0.15) is 0 Å². The summed E-state index contributed by atoms with van der Waals surface area (Å²) in [6.45, 7) is 4.72. The summed E-state index contributed by atoms with van der Waals surface area (Å²) >= 11 is 0. The van der Waals surface area contributed by atoms with Crippen molar-refractivity contribution >= 4 is 23.2 Å². The summed E-state index contributed by atoms with van der Waals surface area (Å²) in [5.74, 6) is 0. The molecule has 0 aromatic heterocycles. The number of fused-ring (bicyclic) bond motifs is 1. The van der Waals surface area contributed by atoms with Gasteiger partial charge in [-0.1, -0.05) is 66.7 Å². The van der Waals surface area contributed by atoms with Crippen LogP contribution in [-0.2, 0) is 12.0 Å². The second-order valence-electron chi connectivity index (χ2n) is 7.49. The van der Waals surface area contributed by atoms with Crippen LogP contribution in [0.1, 0.15) is 25.0 Å². The number of nitrogens with one attached hydrogen (secondary N) is 1. The summed E-state index contributed by atoms with van der Waals surface area (Å²) in [4.78, 5) is 0. The normalized spacial score (nSPS) is 13.8. The molecule has 0 spiro atoms. The standard InChI is InChI=1S/C23H28N2O.ClH/c1-23(2,20-13-12-18-10-6-7-11-19(18)15-20)25-16-22(26)21(24)14-17-8-4-3-5-9-17;/h3-13,15,21-22,25-26H,14,16,24H2,1-2H3;1H/t21-,22+;/m0./s1. The first-order valence-corrected chi connectivity index (χ1v) is 9.17. The lowest BCUT2D eigenvalue weighted by Crippen LogP contribution is -2.48. The lowest BCUT2D eigenvalue weighted by molar-refractivity contribution is 0.131. The van der Waals surface area contributed by atoms with E-state index in [0.717, 1.165) is 5.56 Å². The van der Waals surface area contributed by atoms with Gasteiger partial charge in [0.15, 0.2) is 0 Å². The van der Waals surface area contributed by atoms with Gasteiger partial charge >= 0.3 is 0 Å². The third-order valence-corrected chi connectivity index (χ3v) is 5.03. The van der Waals surface area contributed by atoms with Gasteiger partial charge in [-0.25, -0.2) is 0 Å². The summed E-state index contributed by atoms with van der Waals surface area (Å²) in [5.41, 5.74) is 8.29. The van der Waals surface area contributed by atoms with Crippen LogP contribution in [0.15, 0.2) is 72.8 Å². The molecular formula is C23H29ClN2O.